The van der Waals surface area contributed by atoms with Crippen molar-refractivity contribution in [2.75, 3.05) is 20.8 Å². The van der Waals surface area contributed by atoms with Crippen molar-refractivity contribution in [1.29, 1.82) is 0 Å². The van der Waals surface area contributed by atoms with Gasteiger partial charge in [-0.1, -0.05) is 18.2 Å². The van der Waals surface area contributed by atoms with Crippen LogP contribution >= 0.6 is 0 Å². The van der Waals surface area contributed by atoms with Crippen LogP contribution in [0.25, 0.3) is 0 Å². The number of ether oxygens (including phenoxy) is 2. The van der Waals surface area contributed by atoms with E-state index in [1.807, 2.05) is 18.2 Å². The van der Waals surface area contributed by atoms with Crippen LogP contribution in [0.15, 0.2) is 35.3 Å². The summed E-state index contributed by atoms with van der Waals surface area (Å²) in [5.74, 6) is 2.32. The largest absolute Gasteiger partial charge is 0.493 e. The van der Waals surface area contributed by atoms with E-state index < -0.39 is 0 Å². The molecule has 5 heteroatoms. The average Bonchev–Trinajstić information content (AvgIpc) is 3.05. The highest BCUT2D eigenvalue weighted by Crippen LogP contribution is 2.27. The van der Waals surface area contributed by atoms with Crippen molar-refractivity contribution in [2.24, 2.45) is 4.99 Å². The van der Waals surface area contributed by atoms with Gasteiger partial charge in [-0.05, 0) is 37.5 Å². The molecule has 0 saturated carbocycles. The Balaban J connectivity index is 2.02. The fraction of sp³-hybridized carbons (Fsp3) is 0.471. The lowest BCUT2D eigenvalue weighted by atomic mass is 10.2. The van der Waals surface area contributed by atoms with Crippen LogP contribution in [0.4, 0.5) is 0 Å². The van der Waals surface area contributed by atoms with Gasteiger partial charge in [-0.2, -0.15) is 0 Å². The van der Waals surface area contributed by atoms with Crippen molar-refractivity contribution in [3.8, 4) is 11.5 Å². The molecule has 1 aromatic carbocycles. The summed E-state index contributed by atoms with van der Waals surface area (Å²) in [6.45, 7) is 3.51. The Bertz CT molecular complexity index is 533. The first kappa shape index (κ1) is 16.2. The minimum Gasteiger partial charge on any atom is -0.493 e. The van der Waals surface area contributed by atoms with Crippen LogP contribution in [0.1, 0.15) is 25.3 Å². The van der Waals surface area contributed by atoms with Crippen LogP contribution in [0.5, 0.6) is 11.5 Å². The van der Waals surface area contributed by atoms with Gasteiger partial charge in [0.2, 0.25) is 0 Å². The summed E-state index contributed by atoms with van der Waals surface area (Å²) in [6.07, 6.45) is 6.52. The molecule has 0 atom stereocenters. The first-order chi connectivity index (χ1) is 10.8. The molecule has 0 radical (unpaired) electrons. The summed E-state index contributed by atoms with van der Waals surface area (Å²) < 4.78 is 10.6. The van der Waals surface area contributed by atoms with Gasteiger partial charge in [0.25, 0.3) is 0 Å². The molecule has 1 aliphatic carbocycles. The second-order valence-electron chi connectivity index (χ2n) is 5.17. The molecule has 0 aliphatic heterocycles. The van der Waals surface area contributed by atoms with Gasteiger partial charge in [0, 0.05) is 12.6 Å². The molecule has 0 heterocycles. The smallest absolute Gasteiger partial charge is 0.191 e. The van der Waals surface area contributed by atoms with E-state index in [1.54, 1.807) is 14.2 Å². The number of methoxy groups -OCH3 is 2. The molecule has 5 nitrogen and oxygen atoms in total. The number of aliphatic imine (C=N–C) groups is 1. The number of rotatable bonds is 6. The number of guanidine groups is 1. The van der Waals surface area contributed by atoms with Crippen LogP contribution < -0.4 is 20.1 Å². The minimum atomic E-state index is 0.447. The molecule has 0 unspecified atom stereocenters. The van der Waals surface area contributed by atoms with Crippen molar-refractivity contribution >= 4 is 5.96 Å². The van der Waals surface area contributed by atoms with Gasteiger partial charge in [-0.15, -0.1) is 0 Å². The minimum absolute atomic E-state index is 0.447. The number of hydrogen-bond acceptors (Lipinski definition) is 3. The molecule has 120 valence electrons. The highest BCUT2D eigenvalue weighted by Gasteiger charge is 2.11. The summed E-state index contributed by atoms with van der Waals surface area (Å²) in [4.78, 5) is 4.65. The van der Waals surface area contributed by atoms with E-state index in [0.29, 0.717) is 12.6 Å². The third-order valence-corrected chi connectivity index (χ3v) is 3.56. The summed E-state index contributed by atoms with van der Waals surface area (Å²) in [7, 11) is 3.28. The molecule has 0 spiro atoms. The summed E-state index contributed by atoms with van der Waals surface area (Å²) >= 11 is 0. The number of nitrogens with one attached hydrogen (secondary N) is 2. The van der Waals surface area contributed by atoms with Crippen LogP contribution in [0, 0.1) is 0 Å². The normalized spacial score (nSPS) is 15.0. The van der Waals surface area contributed by atoms with Crippen molar-refractivity contribution < 1.29 is 9.47 Å². The molecule has 2 rings (SSSR count). The molecular weight excluding hydrogens is 278 g/mol. The van der Waals surface area contributed by atoms with Crippen molar-refractivity contribution in [3.05, 3.63) is 35.9 Å². The zero-order valence-electron chi connectivity index (χ0n) is 13.6. The van der Waals surface area contributed by atoms with Crippen molar-refractivity contribution in [3.63, 3.8) is 0 Å². The zero-order valence-corrected chi connectivity index (χ0v) is 13.6. The molecular formula is C17H25N3O2. The molecule has 2 N–H and O–H groups in total. The van der Waals surface area contributed by atoms with Gasteiger partial charge in [-0.3, -0.25) is 0 Å². The second kappa shape index (κ2) is 8.32. The monoisotopic (exact) mass is 303 g/mol. The van der Waals surface area contributed by atoms with E-state index in [1.165, 1.54) is 0 Å². The first-order valence-electron chi connectivity index (χ1n) is 7.67. The van der Waals surface area contributed by atoms with Gasteiger partial charge in [0.1, 0.15) is 0 Å². The van der Waals surface area contributed by atoms with Crippen molar-refractivity contribution in [2.45, 2.75) is 32.4 Å². The fourth-order valence-electron chi connectivity index (χ4n) is 2.40. The van der Waals surface area contributed by atoms with Gasteiger partial charge < -0.3 is 20.1 Å². The van der Waals surface area contributed by atoms with Gasteiger partial charge in [-0.25, -0.2) is 4.99 Å². The van der Waals surface area contributed by atoms with E-state index in [-0.39, 0.29) is 0 Å². The summed E-state index contributed by atoms with van der Waals surface area (Å²) in [5, 5.41) is 6.74. The topological polar surface area (TPSA) is 54.9 Å². The number of benzene rings is 1. The highest BCUT2D eigenvalue weighted by atomic mass is 16.5. The Kier molecular flexibility index (Phi) is 6.13. The van der Waals surface area contributed by atoms with Gasteiger partial charge >= 0.3 is 0 Å². The molecule has 0 aromatic heterocycles. The Morgan fingerprint density at radius 1 is 1.18 bits per heavy atom. The van der Waals surface area contributed by atoms with E-state index >= 15 is 0 Å². The maximum atomic E-state index is 5.33. The van der Waals surface area contributed by atoms with Crippen molar-refractivity contribution in [1.82, 2.24) is 10.6 Å². The Labute approximate surface area is 132 Å². The summed E-state index contributed by atoms with van der Waals surface area (Å²) in [6, 6.07) is 6.32. The molecule has 0 amide bonds. The fourth-order valence-corrected chi connectivity index (χ4v) is 2.40. The number of hydrogen-bond donors (Lipinski definition) is 2. The second-order valence-corrected chi connectivity index (χ2v) is 5.17. The standard InChI is InChI=1S/C17H25N3O2/c1-4-18-17(20-14-7-5-6-8-14)19-12-13-9-10-15(21-2)16(11-13)22-3/h5-6,9-11,14H,4,7-8,12H2,1-3H3,(H2,18,19,20). The van der Waals surface area contributed by atoms with Crippen LogP contribution in [0.2, 0.25) is 0 Å². The van der Waals surface area contributed by atoms with E-state index in [9.17, 15) is 0 Å². The maximum absolute atomic E-state index is 5.33. The molecule has 0 saturated heterocycles. The van der Waals surface area contributed by atoms with Gasteiger partial charge in [0.15, 0.2) is 17.5 Å². The highest BCUT2D eigenvalue weighted by molar-refractivity contribution is 5.80. The quantitative estimate of drug-likeness (QED) is 0.481. The van der Waals surface area contributed by atoms with Crippen LogP contribution in [0.3, 0.4) is 0 Å². The average molecular weight is 303 g/mol. The maximum Gasteiger partial charge on any atom is 0.191 e. The van der Waals surface area contributed by atoms with Crippen LogP contribution in [-0.2, 0) is 6.54 Å². The Morgan fingerprint density at radius 2 is 1.91 bits per heavy atom. The van der Waals surface area contributed by atoms with E-state index in [2.05, 4.69) is 34.7 Å². The lowest BCUT2D eigenvalue weighted by Gasteiger charge is -2.16. The van der Waals surface area contributed by atoms with E-state index in [0.717, 1.165) is 42.4 Å². The van der Waals surface area contributed by atoms with Crippen LogP contribution in [-0.4, -0.2) is 32.8 Å². The molecule has 1 aromatic rings. The third kappa shape index (κ3) is 4.41. The van der Waals surface area contributed by atoms with E-state index in [4.69, 9.17) is 9.47 Å². The Hall–Kier alpha value is -2.17. The SMILES string of the molecule is CCNC(=NCc1ccc(OC)c(OC)c1)NC1CC=CC1. The summed E-state index contributed by atoms with van der Waals surface area (Å²) in [5.41, 5.74) is 1.08. The molecule has 1 aliphatic rings. The molecule has 0 bridgehead atoms. The lowest BCUT2D eigenvalue weighted by molar-refractivity contribution is 0.354. The lowest BCUT2D eigenvalue weighted by Crippen LogP contribution is -2.42. The predicted octanol–water partition coefficient (Wildman–Crippen LogP) is 2.48. The third-order valence-electron chi connectivity index (χ3n) is 3.56. The number of nitrogens with zero attached hydrogens (tertiary/aromatic N) is 1. The zero-order chi connectivity index (χ0) is 15.8. The predicted molar refractivity (Wildman–Crippen MR) is 89.7 cm³/mol. The van der Waals surface area contributed by atoms with Gasteiger partial charge in [0.05, 0.1) is 20.8 Å². The molecule has 22 heavy (non-hydrogen) atoms. The molecule has 0 fully saturated rings. The Morgan fingerprint density at radius 3 is 2.55 bits per heavy atom. The first-order valence-corrected chi connectivity index (χ1v) is 7.67.